The molecule has 2 atom stereocenters. The van der Waals surface area contributed by atoms with Gasteiger partial charge in [-0.05, 0) is 26.3 Å². The van der Waals surface area contributed by atoms with Gasteiger partial charge in [-0.1, -0.05) is 0 Å². The molecule has 1 aromatic heterocycles. The minimum Gasteiger partial charge on any atom is -0.462 e. The van der Waals surface area contributed by atoms with Crippen LogP contribution in [0.4, 0.5) is 5.00 Å². The van der Waals surface area contributed by atoms with Crippen molar-refractivity contribution < 1.29 is 14.3 Å². The Balaban J connectivity index is 2.43. The van der Waals surface area contributed by atoms with E-state index in [0.29, 0.717) is 17.2 Å². The maximum atomic E-state index is 11.9. The molecule has 0 spiro atoms. The number of nitrogen functional groups attached to an aromatic ring is 1. The Morgan fingerprint density at radius 2 is 2.29 bits per heavy atom. The zero-order chi connectivity index (χ0) is 12.6. The van der Waals surface area contributed by atoms with Gasteiger partial charge in [0.25, 0.3) is 0 Å². The maximum absolute atomic E-state index is 11.9. The van der Waals surface area contributed by atoms with E-state index in [-0.39, 0.29) is 18.2 Å². The average molecular weight is 255 g/mol. The molecule has 0 radical (unpaired) electrons. The van der Waals surface area contributed by atoms with Crippen molar-refractivity contribution in [3.05, 3.63) is 16.0 Å². The molecule has 2 N–H and O–H groups in total. The van der Waals surface area contributed by atoms with Crippen molar-refractivity contribution >= 4 is 22.3 Å². The summed E-state index contributed by atoms with van der Waals surface area (Å²) in [6.45, 7) is 6.15. The van der Waals surface area contributed by atoms with Crippen molar-refractivity contribution in [3.63, 3.8) is 0 Å². The number of hydrogen-bond donors (Lipinski definition) is 1. The van der Waals surface area contributed by atoms with Gasteiger partial charge in [-0.25, -0.2) is 4.79 Å². The summed E-state index contributed by atoms with van der Waals surface area (Å²) in [5, 5.41) is 0.540. The molecule has 2 rings (SSSR count). The number of hydrogen-bond acceptors (Lipinski definition) is 5. The summed E-state index contributed by atoms with van der Waals surface area (Å²) in [5.41, 5.74) is 7.48. The van der Waals surface area contributed by atoms with Gasteiger partial charge in [-0.2, -0.15) is 0 Å². The second-order valence-electron chi connectivity index (χ2n) is 4.20. The van der Waals surface area contributed by atoms with E-state index in [1.54, 1.807) is 6.92 Å². The van der Waals surface area contributed by atoms with Gasteiger partial charge < -0.3 is 15.2 Å². The Morgan fingerprint density at radius 3 is 2.94 bits per heavy atom. The third-order valence-electron chi connectivity index (χ3n) is 2.84. The Bertz CT molecular complexity index is 441. The molecule has 0 saturated heterocycles. The van der Waals surface area contributed by atoms with Crippen LogP contribution in [0.15, 0.2) is 0 Å². The molecule has 2 heterocycles. The van der Waals surface area contributed by atoms with Gasteiger partial charge in [-0.15, -0.1) is 11.3 Å². The number of rotatable bonds is 2. The molecule has 1 aromatic rings. The van der Waals surface area contributed by atoms with Gasteiger partial charge in [0.15, 0.2) is 0 Å². The number of thiophene rings is 1. The molecule has 17 heavy (non-hydrogen) atoms. The number of esters is 1. The molecule has 4 nitrogen and oxygen atoms in total. The second kappa shape index (κ2) is 4.66. The third kappa shape index (κ3) is 2.17. The lowest BCUT2D eigenvalue weighted by molar-refractivity contribution is -0.00249. The summed E-state index contributed by atoms with van der Waals surface area (Å²) >= 11 is 1.43. The van der Waals surface area contributed by atoms with Crippen LogP contribution in [0.3, 0.4) is 0 Å². The maximum Gasteiger partial charge on any atom is 0.341 e. The Morgan fingerprint density at radius 1 is 1.59 bits per heavy atom. The molecular weight excluding hydrogens is 238 g/mol. The van der Waals surface area contributed by atoms with E-state index >= 15 is 0 Å². The van der Waals surface area contributed by atoms with Crippen LogP contribution in [-0.4, -0.2) is 18.7 Å². The minimum atomic E-state index is -0.316. The van der Waals surface area contributed by atoms with Crippen LogP contribution in [0.1, 0.15) is 47.7 Å². The summed E-state index contributed by atoms with van der Waals surface area (Å²) < 4.78 is 10.8. The van der Waals surface area contributed by atoms with Crippen molar-refractivity contribution in [1.29, 1.82) is 0 Å². The molecule has 1 aliphatic rings. The summed E-state index contributed by atoms with van der Waals surface area (Å²) in [6, 6.07) is 0. The van der Waals surface area contributed by atoms with Gasteiger partial charge in [0.1, 0.15) is 5.00 Å². The Kier molecular flexibility index (Phi) is 3.40. The first kappa shape index (κ1) is 12.4. The molecule has 0 bridgehead atoms. The normalized spacial score (nSPS) is 23.2. The molecule has 0 saturated carbocycles. The summed E-state index contributed by atoms with van der Waals surface area (Å²) in [7, 11) is 0. The van der Waals surface area contributed by atoms with Gasteiger partial charge in [0.2, 0.25) is 0 Å². The number of carbonyl (C=O) groups excluding carboxylic acids is 1. The number of carbonyl (C=O) groups is 1. The number of ether oxygens (including phenoxy) is 2. The minimum absolute atomic E-state index is 0.00391. The molecule has 5 heteroatoms. The molecule has 1 aliphatic heterocycles. The fraction of sp³-hybridized carbons (Fsp3) is 0.583. The lowest BCUT2D eigenvalue weighted by Gasteiger charge is -2.25. The van der Waals surface area contributed by atoms with Gasteiger partial charge >= 0.3 is 5.97 Å². The topological polar surface area (TPSA) is 61.5 Å². The fourth-order valence-electron chi connectivity index (χ4n) is 2.21. The van der Waals surface area contributed by atoms with E-state index in [9.17, 15) is 4.79 Å². The highest BCUT2D eigenvalue weighted by molar-refractivity contribution is 7.16. The van der Waals surface area contributed by atoms with E-state index in [1.807, 2.05) is 13.8 Å². The van der Waals surface area contributed by atoms with Crippen molar-refractivity contribution in [2.24, 2.45) is 0 Å². The number of anilines is 1. The Labute approximate surface area is 105 Å². The van der Waals surface area contributed by atoms with E-state index in [2.05, 4.69) is 0 Å². The van der Waals surface area contributed by atoms with Gasteiger partial charge in [-0.3, -0.25) is 0 Å². The first-order valence-electron chi connectivity index (χ1n) is 5.78. The SMILES string of the molecule is CCOC(=O)c1c(N)sc2c1CC(C)OC2C. The van der Waals surface area contributed by atoms with Crippen LogP contribution in [0.25, 0.3) is 0 Å². The van der Waals surface area contributed by atoms with Gasteiger partial charge in [0, 0.05) is 11.3 Å². The lowest BCUT2D eigenvalue weighted by Crippen LogP contribution is -2.22. The van der Waals surface area contributed by atoms with Gasteiger partial charge in [0.05, 0.1) is 24.4 Å². The molecule has 2 unspecified atom stereocenters. The average Bonchev–Trinajstić information content (AvgIpc) is 2.55. The monoisotopic (exact) mass is 255 g/mol. The van der Waals surface area contributed by atoms with Crippen molar-refractivity contribution in [3.8, 4) is 0 Å². The zero-order valence-electron chi connectivity index (χ0n) is 10.3. The largest absolute Gasteiger partial charge is 0.462 e. The molecule has 0 aliphatic carbocycles. The van der Waals surface area contributed by atoms with Crippen LogP contribution in [0, 0.1) is 0 Å². The quantitative estimate of drug-likeness (QED) is 0.825. The van der Waals surface area contributed by atoms with E-state index in [4.69, 9.17) is 15.2 Å². The first-order valence-corrected chi connectivity index (χ1v) is 6.59. The molecular formula is C12H17NO3S. The van der Waals surface area contributed by atoms with E-state index in [1.165, 1.54) is 11.3 Å². The van der Waals surface area contributed by atoms with Crippen LogP contribution in [0.2, 0.25) is 0 Å². The lowest BCUT2D eigenvalue weighted by atomic mass is 9.99. The predicted molar refractivity (Wildman–Crippen MR) is 67.4 cm³/mol. The van der Waals surface area contributed by atoms with E-state index in [0.717, 1.165) is 16.9 Å². The van der Waals surface area contributed by atoms with Crippen LogP contribution >= 0.6 is 11.3 Å². The van der Waals surface area contributed by atoms with Crippen molar-refractivity contribution in [1.82, 2.24) is 0 Å². The van der Waals surface area contributed by atoms with E-state index < -0.39 is 0 Å². The highest BCUT2D eigenvalue weighted by atomic mass is 32.1. The highest BCUT2D eigenvalue weighted by Gasteiger charge is 2.31. The second-order valence-corrected chi connectivity index (χ2v) is 5.28. The standard InChI is InChI=1S/C12H17NO3S/c1-4-15-12(14)9-8-5-6(2)16-7(3)10(8)17-11(9)13/h6-7H,4-5,13H2,1-3H3. The Hall–Kier alpha value is -1.07. The summed E-state index contributed by atoms with van der Waals surface area (Å²) in [6.07, 6.45) is 0.838. The molecule has 0 fully saturated rings. The van der Waals surface area contributed by atoms with Crippen LogP contribution in [-0.2, 0) is 15.9 Å². The number of fused-ring (bicyclic) bond motifs is 1. The smallest absolute Gasteiger partial charge is 0.341 e. The summed E-state index contributed by atoms with van der Waals surface area (Å²) in [4.78, 5) is 12.9. The fourth-order valence-corrected chi connectivity index (χ4v) is 3.28. The molecule has 0 aromatic carbocycles. The molecule has 0 amide bonds. The predicted octanol–water partition coefficient (Wildman–Crippen LogP) is 2.53. The van der Waals surface area contributed by atoms with Crippen molar-refractivity contribution in [2.75, 3.05) is 12.3 Å². The van der Waals surface area contributed by atoms with Crippen molar-refractivity contribution in [2.45, 2.75) is 39.4 Å². The molecule has 94 valence electrons. The summed E-state index contributed by atoms with van der Waals surface area (Å²) in [5.74, 6) is -0.316. The zero-order valence-corrected chi connectivity index (χ0v) is 11.1. The number of nitrogens with two attached hydrogens (primary N) is 1. The van der Waals surface area contributed by atoms with Crippen LogP contribution < -0.4 is 5.73 Å². The highest BCUT2D eigenvalue weighted by Crippen LogP contribution is 2.41. The van der Waals surface area contributed by atoms with Crippen LogP contribution in [0.5, 0.6) is 0 Å². The first-order chi connectivity index (χ1) is 8.04. The third-order valence-corrected chi connectivity index (χ3v) is 4.06.